The number of fused-ring (bicyclic) bond motifs is 7. The predicted octanol–water partition coefficient (Wildman–Crippen LogP) is 4.12. The van der Waals surface area contributed by atoms with Gasteiger partial charge in [-0.1, -0.05) is 12.1 Å². The molecular formula is C22H8N6O2. The number of hydrogen-bond acceptors (Lipinski definition) is 8. The summed E-state index contributed by atoms with van der Waals surface area (Å²) in [6.45, 7) is 0. The molecule has 0 aliphatic carbocycles. The molecule has 0 radical (unpaired) electrons. The Kier molecular flexibility index (Phi) is 3.49. The summed E-state index contributed by atoms with van der Waals surface area (Å²) in [5.41, 5.74) is 1.05. The molecule has 3 aromatic carbocycles. The van der Waals surface area contributed by atoms with E-state index in [0.717, 1.165) is 21.5 Å². The van der Waals surface area contributed by atoms with Crippen molar-refractivity contribution in [2.24, 2.45) is 0 Å². The molecule has 5 rings (SSSR count). The Hall–Kier alpha value is -5.18. The fourth-order valence-corrected chi connectivity index (χ4v) is 3.56. The Bertz CT molecular complexity index is 1390. The van der Waals surface area contributed by atoms with Crippen molar-refractivity contribution in [3.8, 4) is 35.8 Å². The van der Waals surface area contributed by atoms with Crippen LogP contribution in [0.4, 0.5) is 11.4 Å². The van der Waals surface area contributed by atoms with Gasteiger partial charge in [0.15, 0.2) is 22.6 Å². The first kappa shape index (κ1) is 17.0. The number of rotatable bonds is 0. The van der Waals surface area contributed by atoms with E-state index in [0.29, 0.717) is 22.9 Å². The van der Waals surface area contributed by atoms with Gasteiger partial charge in [-0.05, 0) is 35.0 Å². The van der Waals surface area contributed by atoms with Crippen molar-refractivity contribution in [3.05, 3.63) is 59.3 Å². The number of nitrogens with one attached hydrogen (secondary N) is 2. The van der Waals surface area contributed by atoms with Crippen molar-refractivity contribution < 1.29 is 9.47 Å². The molecule has 0 unspecified atom stereocenters. The Labute approximate surface area is 169 Å². The van der Waals surface area contributed by atoms with Crippen molar-refractivity contribution >= 4 is 32.9 Å². The molecule has 3 aromatic rings. The van der Waals surface area contributed by atoms with Gasteiger partial charge in [-0.25, -0.2) is 0 Å². The molecule has 2 aliphatic rings. The van der Waals surface area contributed by atoms with Gasteiger partial charge in [0.05, 0.1) is 11.4 Å². The lowest BCUT2D eigenvalue weighted by Crippen LogP contribution is -2.00. The second-order valence-corrected chi connectivity index (χ2v) is 6.45. The Morgan fingerprint density at radius 3 is 1.30 bits per heavy atom. The highest BCUT2D eigenvalue weighted by Gasteiger charge is 2.26. The summed E-state index contributed by atoms with van der Waals surface area (Å²) >= 11 is 0. The number of nitrogens with zero attached hydrogens (tertiary/aromatic N) is 4. The first-order valence-corrected chi connectivity index (χ1v) is 8.69. The van der Waals surface area contributed by atoms with Crippen molar-refractivity contribution in [2.75, 3.05) is 10.6 Å². The van der Waals surface area contributed by atoms with Crippen LogP contribution in [0.2, 0.25) is 0 Å². The lowest BCUT2D eigenvalue weighted by Gasteiger charge is -2.09. The average molecular weight is 388 g/mol. The van der Waals surface area contributed by atoms with Gasteiger partial charge in [0.25, 0.3) is 0 Å². The molecule has 2 aliphatic heterocycles. The molecule has 0 spiro atoms. The highest BCUT2D eigenvalue weighted by molar-refractivity contribution is 6.14. The molecule has 30 heavy (non-hydrogen) atoms. The number of benzene rings is 3. The molecule has 0 bridgehead atoms. The zero-order valence-corrected chi connectivity index (χ0v) is 15.1. The molecule has 2 N–H and O–H groups in total. The largest absolute Gasteiger partial charge is 0.436 e. The van der Waals surface area contributed by atoms with E-state index in [9.17, 15) is 0 Å². The van der Waals surface area contributed by atoms with Crippen LogP contribution in [0.3, 0.4) is 0 Å². The normalized spacial score (nSPS) is 12.8. The fourth-order valence-electron chi connectivity index (χ4n) is 3.56. The van der Waals surface area contributed by atoms with Gasteiger partial charge in [-0.3, -0.25) is 0 Å². The highest BCUT2D eigenvalue weighted by atomic mass is 16.5. The van der Waals surface area contributed by atoms with E-state index in [-0.39, 0.29) is 22.9 Å². The van der Waals surface area contributed by atoms with Gasteiger partial charge >= 0.3 is 0 Å². The minimum atomic E-state index is -0.137. The van der Waals surface area contributed by atoms with Crippen molar-refractivity contribution in [1.82, 2.24) is 0 Å². The maximum atomic E-state index is 9.09. The van der Waals surface area contributed by atoms with Gasteiger partial charge in [-0.15, -0.1) is 0 Å². The zero-order valence-electron chi connectivity index (χ0n) is 15.1. The summed E-state index contributed by atoms with van der Waals surface area (Å²) in [6, 6.07) is 18.4. The van der Waals surface area contributed by atoms with Crippen molar-refractivity contribution in [3.63, 3.8) is 0 Å². The average Bonchev–Trinajstić information content (AvgIpc) is 3.39. The van der Waals surface area contributed by atoms with Crippen LogP contribution in [0.5, 0.6) is 11.5 Å². The van der Waals surface area contributed by atoms with Crippen LogP contribution in [-0.2, 0) is 0 Å². The molecule has 0 amide bonds. The van der Waals surface area contributed by atoms with E-state index in [1.165, 1.54) is 0 Å². The van der Waals surface area contributed by atoms with Gasteiger partial charge in [0.1, 0.15) is 24.3 Å². The van der Waals surface area contributed by atoms with Crippen LogP contribution < -0.4 is 20.1 Å². The maximum absolute atomic E-state index is 9.09. The number of anilines is 2. The minimum Gasteiger partial charge on any atom is -0.436 e. The summed E-state index contributed by atoms with van der Waals surface area (Å²) in [5, 5.41) is 45.7. The SMILES string of the molecule is N#CC(C#N)=C1Nc2ccc3c(ccc4c5c(ccc43)NC(=C(C#N)C#N)O5)c2O1. The molecule has 0 saturated carbocycles. The van der Waals surface area contributed by atoms with E-state index in [4.69, 9.17) is 30.5 Å². The third kappa shape index (κ3) is 2.23. The van der Waals surface area contributed by atoms with Crippen LogP contribution in [0, 0.1) is 45.3 Å². The van der Waals surface area contributed by atoms with Gasteiger partial charge in [0.2, 0.25) is 11.8 Å². The summed E-state index contributed by atoms with van der Waals surface area (Å²) in [6.07, 6.45) is 0. The van der Waals surface area contributed by atoms with Gasteiger partial charge < -0.3 is 20.1 Å². The van der Waals surface area contributed by atoms with Crippen LogP contribution >= 0.6 is 0 Å². The van der Waals surface area contributed by atoms with Crippen LogP contribution in [-0.4, -0.2) is 0 Å². The second-order valence-electron chi connectivity index (χ2n) is 6.45. The smallest absolute Gasteiger partial charge is 0.226 e. The molecule has 138 valence electrons. The quantitative estimate of drug-likeness (QED) is 0.433. The number of hydrogen-bond donors (Lipinski definition) is 2. The van der Waals surface area contributed by atoms with Gasteiger partial charge in [-0.2, -0.15) is 21.0 Å². The lowest BCUT2D eigenvalue weighted by molar-refractivity contribution is 0.459. The lowest BCUT2D eigenvalue weighted by atomic mass is 9.99. The minimum absolute atomic E-state index is 0.111. The third-order valence-electron chi connectivity index (χ3n) is 4.90. The number of ether oxygens (including phenoxy) is 2. The first-order chi connectivity index (χ1) is 14.7. The Balaban J connectivity index is 1.70. The summed E-state index contributed by atoms with van der Waals surface area (Å²) in [5.74, 6) is 1.28. The Morgan fingerprint density at radius 1 is 0.567 bits per heavy atom. The highest BCUT2D eigenvalue weighted by Crippen LogP contribution is 2.46. The van der Waals surface area contributed by atoms with Crippen molar-refractivity contribution in [2.45, 2.75) is 0 Å². The number of allylic oxidation sites excluding steroid dienone is 2. The zero-order chi connectivity index (χ0) is 20.8. The Morgan fingerprint density at radius 2 is 0.933 bits per heavy atom. The number of nitriles is 4. The molecular weight excluding hydrogens is 380 g/mol. The molecule has 0 fully saturated rings. The summed E-state index contributed by atoms with van der Waals surface area (Å²) in [7, 11) is 0. The van der Waals surface area contributed by atoms with E-state index >= 15 is 0 Å². The molecule has 0 saturated heterocycles. The predicted molar refractivity (Wildman–Crippen MR) is 106 cm³/mol. The fraction of sp³-hybridized carbons (Fsp3) is 0. The van der Waals surface area contributed by atoms with E-state index < -0.39 is 0 Å². The van der Waals surface area contributed by atoms with Crippen LogP contribution in [0.15, 0.2) is 59.3 Å². The van der Waals surface area contributed by atoms with Crippen LogP contribution in [0.1, 0.15) is 0 Å². The third-order valence-corrected chi connectivity index (χ3v) is 4.90. The molecule has 0 atom stereocenters. The van der Waals surface area contributed by atoms with E-state index in [2.05, 4.69) is 10.6 Å². The molecule has 8 nitrogen and oxygen atoms in total. The monoisotopic (exact) mass is 388 g/mol. The second kappa shape index (κ2) is 6.17. The molecule has 2 heterocycles. The van der Waals surface area contributed by atoms with Crippen molar-refractivity contribution in [1.29, 1.82) is 21.0 Å². The summed E-state index contributed by atoms with van der Waals surface area (Å²) < 4.78 is 11.6. The van der Waals surface area contributed by atoms with Crippen LogP contribution in [0.25, 0.3) is 21.5 Å². The summed E-state index contributed by atoms with van der Waals surface area (Å²) in [4.78, 5) is 0. The molecule has 0 aromatic heterocycles. The van der Waals surface area contributed by atoms with Gasteiger partial charge in [0, 0.05) is 10.8 Å². The maximum Gasteiger partial charge on any atom is 0.226 e. The van der Waals surface area contributed by atoms with E-state index in [1.54, 1.807) is 0 Å². The molecule has 8 heteroatoms. The standard InChI is InChI=1S/C22H8N6O2/c23-7-11(8-24)21-27-17-5-3-13-14-4-6-18-20(30-22(28-18)12(9-25)10-26)16(14)2-1-15(13)19(17)29-21/h1-6,27-28H. The first-order valence-electron chi connectivity index (χ1n) is 8.69. The van der Waals surface area contributed by atoms with E-state index in [1.807, 2.05) is 60.7 Å². The topological polar surface area (TPSA) is 138 Å².